The highest BCUT2D eigenvalue weighted by molar-refractivity contribution is 5.95. The number of nitro groups is 1. The van der Waals surface area contributed by atoms with Crippen molar-refractivity contribution >= 4 is 11.6 Å². The average molecular weight is 290 g/mol. The molecule has 1 amide bonds. The number of rotatable bonds is 6. The smallest absolute Gasteiger partial charge is 0.305 e. The number of aliphatic hydroxyl groups is 2. The average Bonchev–Trinajstić information content (AvgIpc) is 2.37. The fourth-order valence-electron chi connectivity index (χ4n) is 1.57. The van der Waals surface area contributed by atoms with Crippen LogP contribution >= 0.6 is 0 Å². The summed E-state index contributed by atoms with van der Waals surface area (Å²) in [6, 6.07) is 0.746. The molecule has 0 radical (unpaired) electrons. The Balaban J connectivity index is 3.20. The summed E-state index contributed by atoms with van der Waals surface area (Å²) in [5.74, 6) is -3.62. The number of carbonyl (C=O) groups is 1. The van der Waals surface area contributed by atoms with Crippen molar-refractivity contribution in [2.75, 3.05) is 26.3 Å². The Hall–Kier alpha value is -2.13. The molecule has 110 valence electrons. The maximum Gasteiger partial charge on any atom is 0.305 e. The van der Waals surface area contributed by atoms with E-state index in [0.717, 1.165) is 4.90 Å². The second-order valence-corrected chi connectivity index (χ2v) is 3.78. The number of aliphatic hydroxyl groups excluding tert-OH is 2. The Morgan fingerprint density at radius 1 is 1.20 bits per heavy atom. The minimum Gasteiger partial charge on any atom is -0.395 e. The van der Waals surface area contributed by atoms with Gasteiger partial charge < -0.3 is 15.1 Å². The molecule has 0 heterocycles. The minimum absolute atomic E-state index is 0.190. The van der Waals surface area contributed by atoms with E-state index < -0.39 is 46.9 Å². The summed E-state index contributed by atoms with van der Waals surface area (Å²) in [7, 11) is 0. The first-order valence-electron chi connectivity index (χ1n) is 5.56. The molecular formula is C11H12F2N2O5. The molecule has 0 bridgehead atoms. The number of nitrogens with zero attached hydrogens (tertiary/aromatic N) is 2. The van der Waals surface area contributed by atoms with Crippen molar-refractivity contribution in [1.82, 2.24) is 4.90 Å². The van der Waals surface area contributed by atoms with E-state index in [9.17, 15) is 23.7 Å². The number of hydrogen-bond donors (Lipinski definition) is 2. The van der Waals surface area contributed by atoms with Gasteiger partial charge in [0.2, 0.25) is 5.82 Å². The second kappa shape index (κ2) is 6.87. The number of hydrogen-bond acceptors (Lipinski definition) is 5. The molecule has 20 heavy (non-hydrogen) atoms. The molecule has 0 saturated carbocycles. The molecule has 1 rings (SSSR count). The van der Waals surface area contributed by atoms with Crippen molar-refractivity contribution in [3.63, 3.8) is 0 Å². The Labute approximate surface area is 112 Å². The summed E-state index contributed by atoms with van der Waals surface area (Å²) in [6.07, 6.45) is 0. The zero-order valence-corrected chi connectivity index (χ0v) is 10.3. The molecule has 0 atom stereocenters. The lowest BCUT2D eigenvalue weighted by Crippen LogP contribution is -2.36. The summed E-state index contributed by atoms with van der Waals surface area (Å²) in [4.78, 5) is 22.3. The van der Waals surface area contributed by atoms with Gasteiger partial charge in [0.05, 0.1) is 23.7 Å². The molecule has 0 aromatic heterocycles. The molecule has 0 aliphatic rings. The maximum absolute atomic E-state index is 13.6. The Bertz CT molecular complexity index is 518. The number of carbonyl (C=O) groups excluding carboxylic acids is 1. The third kappa shape index (κ3) is 3.45. The molecule has 0 aliphatic heterocycles. The van der Waals surface area contributed by atoms with Crippen molar-refractivity contribution in [2.24, 2.45) is 0 Å². The third-order valence-electron chi connectivity index (χ3n) is 2.49. The fourth-order valence-corrected chi connectivity index (χ4v) is 1.57. The van der Waals surface area contributed by atoms with Crippen LogP contribution in [0.2, 0.25) is 0 Å². The number of benzene rings is 1. The SMILES string of the molecule is O=C(c1cc([N+](=O)[O-])c(F)cc1F)N(CCO)CCO. The van der Waals surface area contributed by atoms with Crippen molar-refractivity contribution in [3.05, 3.63) is 39.4 Å². The van der Waals surface area contributed by atoms with Gasteiger partial charge in [-0.3, -0.25) is 14.9 Å². The van der Waals surface area contributed by atoms with E-state index in [1.54, 1.807) is 0 Å². The van der Waals surface area contributed by atoms with Crippen LogP contribution in [0.1, 0.15) is 10.4 Å². The number of amides is 1. The Morgan fingerprint density at radius 2 is 1.75 bits per heavy atom. The molecule has 2 N–H and O–H groups in total. The predicted molar refractivity (Wildman–Crippen MR) is 63.1 cm³/mol. The standard InChI is InChI=1S/C11H12F2N2O5/c12-8-6-9(13)10(15(19)20)5-7(8)11(18)14(1-3-16)2-4-17/h5-6,16-17H,1-4H2. The van der Waals surface area contributed by atoms with Gasteiger partial charge in [-0.25, -0.2) is 4.39 Å². The molecule has 0 spiro atoms. The van der Waals surface area contributed by atoms with Crippen molar-refractivity contribution in [1.29, 1.82) is 0 Å². The summed E-state index contributed by atoms with van der Waals surface area (Å²) >= 11 is 0. The quantitative estimate of drug-likeness (QED) is 0.579. The molecule has 0 saturated heterocycles. The third-order valence-corrected chi connectivity index (χ3v) is 2.49. The van der Waals surface area contributed by atoms with Crippen LogP contribution in [-0.2, 0) is 0 Å². The molecule has 1 aromatic rings. The van der Waals surface area contributed by atoms with Gasteiger partial charge in [-0.15, -0.1) is 0 Å². The first kappa shape index (κ1) is 15.9. The van der Waals surface area contributed by atoms with Crippen LogP contribution in [0.5, 0.6) is 0 Å². The molecule has 0 aliphatic carbocycles. The lowest BCUT2D eigenvalue weighted by molar-refractivity contribution is -0.387. The van der Waals surface area contributed by atoms with Crippen LogP contribution in [0, 0.1) is 21.7 Å². The fraction of sp³-hybridized carbons (Fsp3) is 0.364. The molecule has 0 unspecified atom stereocenters. The topological polar surface area (TPSA) is 104 Å². The van der Waals surface area contributed by atoms with Gasteiger partial charge in [0.15, 0.2) is 0 Å². The van der Waals surface area contributed by atoms with E-state index in [2.05, 4.69) is 0 Å². The first-order chi connectivity index (χ1) is 9.42. The van der Waals surface area contributed by atoms with Gasteiger partial charge in [-0.1, -0.05) is 0 Å². The Morgan fingerprint density at radius 3 is 2.20 bits per heavy atom. The number of nitro benzene ring substituents is 1. The molecule has 7 nitrogen and oxygen atoms in total. The van der Waals surface area contributed by atoms with E-state index in [-0.39, 0.29) is 19.2 Å². The van der Waals surface area contributed by atoms with Crippen molar-refractivity contribution in [2.45, 2.75) is 0 Å². The van der Waals surface area contributed by atoms with Crippen LogP contribution in [0.25, 0.3) is 0 Å². The maximum atomic E-state index is 13.6. The van der Waals surface area contributed by atoms with Crippen LogP contribution in [0.15, 0.2) is 12.1 Å². The van der Waals surface area contributed by atoms with Gasteiger partial charge in [0.1, 0.15) is 5.82 Å². The summed E-state index contributed by atoms with van der Waals surface area (Å²) < 4.78 is 26.7. The predicted octanol–water partition coefficient (Wildman–Crippen LogP) is 0.300. The van der Waals surface area contributed by atoms with Crippen LogP contribution in [0.4, 0.5) is 14.5 Å². The van der Waals surface area contributed by atoms with E-state index in [1.807, 2.05) is 0 Å². The monoisotopic (exact) mass is 290 g/mol. The van der Waals surface area contributed by atoms with Crippen molar-refractivity contribution in [3.8, 4) is 0 Å². The molecule has 0 fully saturated rings. The molecular weight excluding hydrogens is 278 g/mol. The van der Waals surface area contributed by atoms with E-state index in [4.69, 9.17) is 10.2 Å². The van der Waals surface area contributed by atoms with Gasteiger partial charge in [0, 0.05) is 25.2 Å². The summed E-state index contributed by atoms with van der Waals surface area (Å²) in [5.41, 5.74) is -1.72. The largest absolute Gasteiger partial charge is 0.395 e. The van der Waals surface area contributed by atoms with Crippen LogP contribution in [-0.4, -0.2) is 52.2 Å². The van der Waals surface area contributed by atoms with E-state index >= 15 is 0 Å². The van der Waals surface area contributed by atoms with Crippen LogP contribution < -0.4 is 0 Å². The number of halogens is 2. The van der Waals surface area contributed by atoms with Gasteiger partial charge in [0.25, 0.3) is 5.91 Å². The minimum atomic E-state index is -1.39. The van der Waals surface area contributed by atoms with Gasteiger partial charge >= 0.3 is 5.69 Å². The lowest BCUT2D eigenvalue weighted by Gasteiger charge is -2.20. The van der Waals surface area contributed by atoms with E-state index in [0.29, 0.717) is 6.07 Å². The van der Waals surface area contributed by atoms with E-state index in [1.165, 1.54) is 0 Å². The summed E-state index contributed by atoms with van der Waals surface area (Å²) in [6.45, 7) is -1.25. The normalized spacial score (nSPS) is 10.4. The molecule has 1 aromatic carbocycles. The lowest BCUT2D eigenvalue weighted by atomic mass is 10.1. The highest BCUT2D eigenvalue weighted by Crippen LogP contribution is 2.22. The van der Waals surface area contributed by atoms with Crippen molar-refractivity contribution < 1.29 is 28.7 Å². The highest BCUT2D eigenvalue weighted by atomic mass is 19.1. The second-order valence-electron chi connectivity index (χ2n) is 3.78. The summed E-state index contributed by atoms with van der Waals surface area (Å²) in [5, 5.41) is 28.1. The van der Waals surface area contributed by atoms with Gasteiger partial charge in [-0.2, -0.15) is 4.39 Å². The van der Waals surface area contributed by atoms with Crippen LogP contribution in [0.3, 0.4) is 0 Å². The highest BCUT2D eigenvalue weighted by Gasteiger charge is 2.25. The zero-order chi connectivity index (χ0) is 15.3. The van der Waals surface area contributed by atoms with Gasteiger partial charge in [-0.05, 0) is 0 Å². The Kier molecular flexibility index (Phi) is 5.47. The zero-order valence-electron chi connectivity index (χ0n) is 10.3. The first-order valence-corrected chi connectivity index (χ1v) is 5.56. The molecule has 9 heteroatoms.